The lowest BCUT2D eigenvalue weighted by molar-refractivity contribution is 0.399. The number of aromatic nitrogens is 4. The summed E-state index contributed by atoms with van der Waals surface area (Å²) in [7, 11) is 0. The number of pyridine rings is 1. The quantitative estimate of drug-likeness (QED) is 0.457. The molecule has 0 amide bonds. The molecule has 2 N–H and O–H groups in total. The third kappa shape index (κ3) is 4.13. The van der Waals surface area contributed by atoms with Gasteiger partial charge in [-0.3, -0.25) is 0 Å². The van der Waals surface area contributed by atoms with Crippen molar-refractivity contribution in [1.82, 2.24) is 19.9 Å². The third-order valence-corrected chi connectivity index (χ3v) is 4.08. The number of nitriles is 2. The number of aromatic amines is 1. The highest BCUT2D eigenvalue weighted by atomic mass is 19.1. The maximum atomic E-state index is 14.5. The smallest absolute Gasteiger partial charge is 0.249 e. The van der Waals surface area contributed by atoms with Gasteiger partial charge in [0.05, 0.1) is 23.5 Å². The molecule has 4 aromatic rings. The molecular weight excluding hydrogens is 404 g/mol. The number of fused-ring (bicyclic) bond motifs is 1. The first-order chi connectivity index (χ1) is 15.1. The van der Waals surface area contributed by atoms with Crippen LogP contribution in [0.2, 0.25) is 0 Å². The number of anilines is 2. The van der Waals surface area contributed by atoms with Crippen LogP contribution < -0.4 is 10.1 Å². The van der Waals surface area contributed by atoms with Crippen LogP contribution in [0.4, 0.5) is 20.4 Å². The lowest BCUT2D eigenvalue weighted by Gasteiger charge is -2.11. The van der Waals surface area contributed by atoms with Gasteiger partial charge in [0.1, 0.15) is 17.3 Å². The summed E-state index contributed by atoms with van der Waals surface area (Å²) < 4.78 is 34.4. The molecule has 3 aromatic heterocycles. The van der Waals surface area contributed by atoms with Crippen LogP contribution in [0.1, 0.15) is 11.3 Å². The summed E-state index contributed by atoms with van der Waals surface area (Å²) in [5.74, 6) is -2.56. The van der Waals surface area contributed by atoms with Gasteiger partial charge in [-0.1, -0.05) is 0 Å². The van der Waals surface area contributed by atoms with E-state index in [9.17, 15) is 8.78 Å². The van der Waals surface area contributed by atoms with Gasteiger partial charge in [-0.15, -0.1) is 0 Å². The molecule has 0 radical (unpaired) electrons. The molecule has 0 saturated carbocycles. The molecule has 0 aliphatic rings. The zero-order chi connectivity index (χ0) is 21.8. The van der Waals surface area contributed by atoms with Gasteiger partial charge < -0.3 is 15.0 Å². The maximum Gasteiger partial charge on any atom is 0.249 e. The van der Waals surface area contributed by atoms with Crippen molar-refractivity contribution in [2.45, 2.75) is 0 Å². The molecule has 10 heteroatoms. The second kappa shape index (κ2) is 8.27. The summed E-state index contributed by atoms with van der Waals surface area (Å²) in [6.45, 7) is 0. The van der Waals surface area contributed by atoms with Gasteiger partial charge in [0.15, 0.2) is 11.6 Å². The lowest BCUT2D eigenvalue weighted by Crippen LogP contribution is -2.02. The number of hydrogen-bond donors (Lipinski definition) is 2. The van der Waals surface area contributed by atoms with Crippen molar-refractivity contribution in [2.75, 3.05) is 5.32 Å². The van der Waals surface area contributed by atoms with Crippen LogP contribution in [0.3, 0.4) is 0 Å². The summed E-state index contributed by atoms with van der Waals surface area (Å²) in [5.41, 5.74) is 1.72. The minimum Gasteiger partial charge on any atom is -0.431 e. The minimum absolute atomic E-state index is 0.0998. The SMILES string of the molecule is N#C/C=C/c1cc(F)c(Oc2nc(Nc3ccc(C#N)nc3)nc3cc[nH]c23)c(F)c1. The second-order valence-electron chi connectivity index (χ2n) is 6.14. The highest BCUT2D eigenvalue weighted by molar-refractivity contribution is 5.81. The van der Waals surface area contributed by atoms with Gasteiger partial charge in [0.25, 0.3) is 0 Å². The number of hydrogen-bond acceptors (Lipinski definition) is 7. The molecule has 0 saturated heterocycles. The summed E-state index contributed by atoms with van der Waals surface area (Å²) >= 11 is 0. The third-order valence-electron chi connectivity index (χ3n) is 4.08. The van der Waals surface area contributed by atoms with Crippen molar-refractivity contribution in [1.29, 1.82) is 10.5 Å². The second-order valence-corrected chi connectivity index (χ2v) is 6.14. The van der Waals surface area contributed by atoms with Crippen molar-refractivity contribution in [3.63, 3.8) is 0 Å². The van der Waals surface area contributed by atoms with Crippen molar-refractivity contribution >= 4 is 28.7 Å². The Labute approximate surface area is 174 Å². The summed E-state index contributed by atoms with van der Waals surface area (Å²) in [5, 5.41) is 20.3. The maximum absolute atomic E-state index is 14.5. The first-order valence-corrected chi connectivity index (χ1v) is 8.79. The zero-order valence-corrected chi connectivity index (χ0v) is 15.6. The normalized spacial score (nSPS) is 10.7. The van der Waals surface area contributed by atoms with Crippen molar-refractivity contribution in [3.8, 4) is 23.8 Å². The molecular formula is C21H11F2N7O. The van der Waals surface area contributed by atoms with Gasteiger partial charge in [0, 0.05) is 12.3 Å². The largest absolute Gasteiger partial charge is 0.431 e. The molecule has 150 valence electrons. The van der Waals surface area contributed by atoms with Gasteiger partial charge in [-0.25, -0.2) is 18.7 Å². The fourth-order valence-electron chi connectivity index (χ4n) is 2.71. The van der Waals surface area contributed by atoms with Crippen molar-refractivity contribution < 1.29 is 13.5 Å². The molecule has 1 aromatic carbocycles. The van der Waals surface area contributed by atoms with Crippen LogP contribution in [0.15, 0.2) is 48.8 Å². The van der Waals surface area contributed by atoms with Crippen molar-refractivity contribution in [2.24, 2.45) is 0 Å². The van der Waals surface area contributed by atoms with E-state index in [0.29, 0.717) is 16.7 Å². The number of benzene rings is 1. The number of rotatable bonds is 5. The van der Waals surface area contributed by atoms with E-state index in [0.717, 1.165) is 18.2 Å². The Kier molecular flexibility index (Phi) is 5.20. The Bertz CT molecular complexity index is 1360. The molecule has 0 atom stereocenters. The number of nitrogens with zero attached hydrogens (tertiary/aromatic N) is 5. The molecule has 4 rings (SSSR count). The number of ether oxygens (including phenoxy) is 1. The number of H-pyrrole nitrogens is 1. The highest BCUT2D eigenvalue weighted by Gasteiger charge is 2.18. The number of nitrogens with one attached hydrogen (secondary N) is 2. The van der Waals surface area contributed by atoms with E-state index in [4.69, 9.17) is 15.3 Å². The van der Waals surface area contributed by atoms with Crippen LogP contribution >= 0.6 is 0 Å². The van der Waals surface area contributed by atoms with Crippen LogP contribution in [0.25, 0.3) is 17.1 Å². The monoisotopic (exact) mass is 415 g/mol. The van der Waals surface area contributed by atoms with E-state index in [1.807, 2.05) is 6.07 Å². The molecule has 0 aliphatic heterocycles. The molecule has 0 unspecified atom stereocenters. The Hall–Kier alpha value is -4.83. The van der Waals surface area contributed by atoms with Crippen molar-refractivity contribution in [3.05, 3.63) is 71.7 Å². The summed E-state index contributed by atoms with van der Waals surface area (Å²) in [6.07, 6.45) is 5.40. The highest BCUT2D eigenvalue weighted by Crippen LogP contribution is 2.32. The number of allylic oxidation sites excluding steroid dienone is 1. The first kappa shape index (κ1) is 19.5. The fourth-order valence-corrected chi connectivity index (χ4v) is 2.71. The molecule has 31 heavy (non-hydrogen) atoms. The molecule has 3 heterocycles. The zero-order valence-electron chi connectivity index (χ0n) is 15.6. The van der Waals surface area contributed by atoms with E-state index < -0.39 is 17.4 Å². The molecule has 0 spiro atoms. The van der Waals surface area contributed by atoms with Crippen LogP contribution in [-0.2, 0) is 0 Å². The van der Waals surface area contributed by atoms with Crippen LogP contribution in [0, 0.1) is 34.3 Å². The number of halogens is 2. The molecule has 0 bridgehead atoms. The Balaban J connectivity index is 1.69. The van der Waals surface area contributed by atoms with Gasteiger partial charge in [-0.2, -0.15) is 15.5 Å². The Morgan fingerprint density at radius 3 is 2.58 bits per heavy atom. The average molecular weight is 415 g/mol. The van der Waals surface area contributed by atoms with Crippen LogP contribution in [0.5, 0.6) is 11.6 Å². The van der Waals surface area contributed by atoms with Gasteiger partial charge in [-0.05, 0) is 42.0 Å². The topological polar surface area (TPSA) is 123 Å². The predicted octanol–water partition coefficient (Wildman–Crippen LogP) is 4.58. The van der Waals surface area contributed by atoms with E-state index in [2.05, 4.69) is 25.3 Å². The molecule has 0 fully saturated rings. The molecule has 8 nitrogen and oxygen atoms in total. The summed E-state index contributed by atoms with van der Waals surface area (Å²) in [6, 6.07) is 10.5. The van der Waals surface area contributed by atoms with E-state index in [1.54, 1.807) is 24.4 Å². The standard InChI is InChI=1S/C21H11F2N7O/c22-15-8-12(2-1-6-24)9-16(23)19(15)31-20-18-17(5-7-26-18)29-21(30-20)28-14-4-3-13(10-25)27-11-14/h1-5,7-9,11,26H,(H,28,29,30)/b2-1+. The predicted molar refractivity (Wildman–Crippen MR) is 107 cm³/mol. The van der Waals surface area contributed by atoms with E-state index in [1.165, 1.54) is 18.3 Å². The average Bonchev–Trinajstić information content (AvgIpc) is 3.24. The Morgan fingerprint density at radius 2 is 1.90 bits per heavy atom. The first-order valence-electron chi connectivity index (χ1n) is 8.79. The fraction of sp³-hybridized carbons (Fsp3) is 0. The summed E-state index contributed by atoms with van der Waals surface area (Å²) in [4.78, 5) is 15.3. The lowest BCUT2D eigenvalue weighted by atomic mass is 10.2. The minimum atomic E-state index is -0.957. The van der Waals surface area contributed by atoms with E-state index in [-0.39, 0.29) is 23.1 Å². The van der Waals surface area contributed by atoms with E-state index >= 15 is 0 Å². The van der Waals surface area contributed by atoms with Crippen LogP contribution in [-0.4, -0.2) is 19.9 Å². The van der Waals surface area contributed by atoms with Gasteiger partial charge >= 0.3 is 0 Å². The van der Waals surface area contributed by atoms with Gasteiger partial charge in [0.2, 0.25) is 17.6 Å². The Morgan fingerprint density at radius 1 is 1.10 bits per heavy atom. The molecule has 0 aliphatic carbocycles.